The Hall–Kier alpha value is -4.00. The molecule has 0 bridgehead atoms. The minimum atomic E-state index is -0.377. The molecule has 0 spiro atoms. The first-order chi connectivity index (χ1) is 18.1. The maximum atomic E-state index is 13.0. The number of hydrogen-bond acceptors (Lipinski definition) is 6. The van der Waals surface area contributed by atoms with E-state index >= 15 is 0 Å². The van der Waals surface area contributed by atoms with Gasteiger partial charge >= 0.3 is 5.63 Å². The molecule has 0 radical (unpaired) electrons. The first kappa shape index (κ1) is 24.7. The highest BCUT2D eigenvalue weighted by molar-refractivity contribution is 6.30. The Bertz CT molecular complexity index is 1550. The zero-order valence-electron chi connectivity index (χ0n) is 20.4. The Morgan fingerprint density at radius 3 is 2.54 bits per heavy atom. The van der Waals surface area contributed by atoms with E-state index in [1.54, 1.807) is 19.3 Å². The Morgan fingerprint density at radius 2 is 1.78 bits per heavy atom. The van der Waals surface area contributed by atoms with Gasteiger partial charge in [0.1, 0.15) is 5.58 Å². The van der Waals surface area contributed by atoms with Crippen LogP contribution in [0.15, 0.2) is 98.1 Å². The fourth-order valence-corrected chi connectivity index (χ4v) is 4.54. The molecule has 1 aliphatic heterocycles. The molecule has 186 valence electrons. The van der Waals surface area contributed by atoms with Crippen molar-refractivity contribution in [3.05, 3.63) is 111 Å². The third kappa shape index (κ3) is 5.71. The molecule has 1 aliphatic rings. The number of para-hydroxylation sites is 1. The summed E-state index contributed by atoms with van der Waals surface area (Å²) in [6, 6.07) is 22.9. The van der Waals surface area contributed by atoms with Gasteiger partial charge in [-0.05, 0) is 59.7 Å². The van der Waals surface area contributed by atoms with Crippen LogP contribution in [0, 0.1) is 0 Å². The molecule has 0 amide bonds. The van der Waals surface area contributed by atoms with Gasteiger partial charge in [0.15, 0.2) is 0 Å². The van der Waals surface area contributed by atoms with Crippen molar-refractivity contribution < 1.29 is 9.15 Å². The zero-order chi connectivity index (χ0) is 25.6. The highest BCUT2D eigenvalue weighted by atomic mass is 35.5. The van der Waals surface area contributed by atoms with Gasteiger partial charge in [0.05, 0.1) is 35.9 Å². The monoisotopic (exact) mass is 511 g/mol. The second kappa shape index (κ2) is 11.4. The highest BCUT2D eigenvalue weighted by Crippen LogP contribution is 2.30. The van der Waals surface area contributed by atoms with E-state index in [0.29, 0.717) is 42.5 Å². The molecule has 0 N–H and O–H groups in total. The van der Waals surface area contributed by atoms with Gasteiger partial charge in [0.2, 0.25) is 0 Å². The summed E-state index contributed by atoms with van der Waals surface area (Å²) in [6.07, 6.45) is 5.44. The lowest BCUT2D eigenvalue weighted by Crippen LogP contribution is -2.37. The summed E-state index contributed by atoms with van der Waals surface area (Å²) in [5.74, 6) is 0. The molecule has 0 atom stereocenters. The van der Waals surface area contributed by atoms with Crippen molar-refractivity contribution in [1.29, 1.82) is 0 Å². The number of hydrogen-bond donors (Lipinski definition) is 0. The molecular weight excluding hydrogens is 486 g/mol. The van der Waals surface area contributed by atoms with Crippen LogP contribution < -0.4 is 10.5 Å². The van der Waals surface area contributed by atoms with Crippen LogP contribution in [0.3, 0.4) is 0 Å². The number of allylic oxidation sites excluding steroid dienone is 1. The Morgan fingerprint density at radius 1 is 1.00 bits per heavy atom. The molecule has 1 fully saturated rings. The topological polar surface area (TPSA) is 67.4 Å². The summed E-state index contributed by atoms with van der Waals surface area (Å²) in [5, 5.41) is 1.58. The highest BCUT2D eigenvalue weighted by Gasteiger charge is 2.20. The Balaban J connectivity index is 1.43. The van der Waals surface area contributed by atoms with Gasteiger partial charge in [-0.25, -0.2) is 4.79 Å². The van der Waals surface area contributed by atoms with E-state index < -0.39 is 0 Å². The van der Waals surface area contributed by atoms with Gasteiger partial charge in [0.25, 0.3) is 0 Å². The number of fused-ring (bicyclic) bond motifs is 1. The second-order valence-electron chi connectivity index (χ2n) is 8.55. The predicted octanol–water partition coefficient (Wildman–Crippen LogP) is 6.17. The van der Waals surface area contributed by atoms with E-state index in [1.165, 1.54) is 0 Å². The minimum absolute atomic E-state index is 0.377. The van der Waals surface area contributed by atoms with Crippen LogP contribution in [-0.4, -0.2) is 45.3 Å². The number of morpholine rings is 1. The Kier molecular flexibility index (Phi) is 7.59. The molecule has 1 saturated heterocycles. The van der Waals surface area contributed by atoms with E-state index in [-0.39, 0.29) is 5.63 Å². The SMILES string of the molecule is CN=C(/C=C/c1c(N2CCOCC2)c2ccccc2oc1=O)c1ccc(N=Cc2cccc(Cl)c2)cc1. The summed E-state index contributed by atoms with van der Waals surface area (Å²) in [5.41, 5.74) is 4.97. The van der Waals surface area contributed by atoms with E-state index in [2.05, 4.69) is 14.9 Å². The van der Waals surface area contributed by atoms with Crippen LogP contribution in [0.2, 0.25) is 5.02 Å². The van der Waals surface area contributed by atoms with Crippen LogP contribution in [0.25, 0.3) is 17.0 Å². The lowest BCUT2D eigenvalue weighted by molar-refractivity contribution is 0.123. The predicted molar refractivity (Wildman–Crippen MR) is 152 cm³/mol. The summed E-state index contributed by atoms with van der Waals surface area (Å²) in [4.78, 5) is 24.2. The first-order valence-electron chi connectivity index (χ1n) is 12.1. The summed E-state index contributed by atoms with van der Waals surface area (Å²) >= 11 is 6.05. The summed E-state index contributed by atoms with van der Waals surface area (Å²) in [7, 11) is 1.73. The van der Waals surface area contributed by atoms with Crippen LogP contribution in [0.4, 0.5) is 11.4 Å². The number of rotatable bonds is 6. The third-order valence-corrected chi connectivity index (χ3v) is 6.41. The van der Waals surface area contributed by atoms with Crippen LogP contribution in [0.1, 0.15) is 16.7 Å². The molecule has 5 rings (SSSR count). The molecule has 7 heteroatoms. The van der Waals surface area contributed by atoms with E-state index in [9.17, 15) is 4.79 Å². The lowest BCUT2D eigenvalue weighted by atomic mass is 10.1. The molecular formula is C30H26ClN3O3. The van der Waals surface area contributed by atoms with Gasteiger partial charge in [-0.1, -0.05) is 48.0 Å². The first-order valence-corrected chi connectivity index (χ1v) is 12.4. The van der Waals surface area contributed by atoms with Gasteiger partial charge in [-0.3, -0.25) is 9.98 Å². The average Bonchev–Trinajstić information content (AvgIpc) is 2.93. The van der Waals surface area contributed by atoms with Crippen molar-refractivity contribution in [2.24, 2.45) is 9.98 Å². The van der Waals surface area contributed by atoms with Gasteiger partial charge in [-0.15, -0.1) is 0 Å². The zero-order valence-corrected chi connectivity index (χ0v) is 21.2. The largest absolute Gasteiger partial charge is 0.422 e. The lowest BCUT2D eigenvalue weighted by Gasteiger charge is -2.30. The standard InChI is InChI=1S/C30H26ClN3O3/c1-32-27(22-9-11-24(12-10-22)33-20-21-5-4-6-23(31)19-21)14-13-26-29(34-15-17-36-18-16-34)25-7-2-3-8-28(25)37-30(26)35/h2-14,19-20H,15-18H2,1H3/b14-13+,32-27?,33-20?. The number of benzene rings is 3. The van der Waals surface area contributed by atoms with Crippen LogP contribution in [-0.2, 0) is 4.74 Å². The number of nitrogens with zero attached hydrogens (tertiary/aromatic N) is 3. The van der Waals surface area contributed by atoms with Crippen molar-refractivity contribution in [3.8, 4) is 0 Å². The van der Waals surface area contributed by atoms with Crippen molar-refractivity contribution in [3.63, 3.8) is 0 Å². The smallest absolute Gasteiger partial charge is 0.345 e. The Labute approximate surface area is 220 Å². The molecule has 0 aliphatic carbocycles. The number of anilines is 1. The molecule has 6 nitrogen and oxygen atoms in total. The van der Waals surface area contributed by atoms with Crippen molar-refractivity contribution in [1.82, 2.24) is 0 Å². The van der Waals surface area contributed by atoms with E-state index in [4.69, 9.17) is 20.8 Å². The van der Waals surface area contributed by atoms with Crippen molar-refractivity contribution in [2.75, 3.05) is 38.3 Å². The fourth-order valence-electron chi connectivity index (χ4n) is 4.34. The van der Waals surface area contributed by atoms with Gasteiger partial charge in [-0.2, -0.15) is 0 Å². The molecule has 1 aromatic heterocycles. The maximum absolute atomic E-state index is 13.0. The van der Waals surface area contributed by atoms with Gasteiger partial charge in [0, 0.05) is 36.8 Å². The quantitative estimate of drug-likeness (QED) is 0.229. The molecule has 2 heterocycles. The van der Waals surface area contributed by atoms with Crippen LogP contribution >= 0.6 is 11.6 Å². The molecule has 3 aromatic carbocycles. The molecule has 0 unspecified atom stereocenters. The fraction of sp³-hybridized carbons (Fsp3) is 0.167. The average molecular weight is 512 g/mol. The summed E-state index contributed by atoms with van der Waals surface area (Å²) < 4.78 is 11.2. The van der Waals surface area contributed by atoms with E-state index in [0.717, 1.165) is 33.6 Å². The minimum Gasteiger partial charge on any atom is -0.422 e. The number of ether oxygens (including phenoxy) is 1. The number of aliphatic imine (C=N–C) groups is 2. The maximum Gasteiger partial charge on any atom is 0.345 e. The van der Waals surface area contributed by atoms with E-state index in [1.807, 2.05) is 78.9 Å². The molecule has 37 heavy (non-hydrogen) atoms. The molecule has 0 saturated carbocycles. The van der Waals surface area contributed by atoms with Crippen molar-refractivity contribution in [2.45, 2.75) is 0 Å². The van der Waals surface area contributed by atoms with Crippen LogP contribution in [0.5, 0.6) is 0 Å². The number of halogens is 1. The van der Waals surface area contributed by atoms with Gasteiger partial charge < -0.3 is 14.1 Å². The summed E-state index contributed by atoms with van der Waals surface area (Å²) in [6.45, 7) is 2.65. The molecule has 4 aromatic rings. The second-order valence-corrected chi connectivity index (χ2v) is 8.99. The normalized spacial score (nSPS) is 14.8. The van der Waals surface area contributed by atoms with Crippen molar-refractivity contribution >= 4 is 51.9 Å². The third-order valence-electron chi connectivity index (χ3n) is 6.17.